The van der Waals surface area contributed by atoms with Crippen molar-refractivity contribution in [2.24, 2.45) is 0 Å². The molecule has 0 N–H and O–H groups in total. The molecule has 1 aliphatic rings. The maximum absolute atomic E-state index is 5.58. The third-order valence-electron chi connectivity index (χ3n) is 5.57. The minimum absolute atomic E-state index is 0.189. The van der Waals surface area contributed by atoms with Gasteiger partial charge >= 0.3 is 0 Å². The Morgan fingerprint density at radius 1 is 1.00 bits per heavy atom. The topological polar surface area (TPSA) is 63.2 Å². The molecule has 0 aliphatic carbocycles. The van der Waals surface area contributed by atoms with E-state index in [0.29, 0.717) is 0 Å². The van der Waals surface area contributed by atoms with Gasteiger partial charge in [-0.15, -0.1) is 10.2 Å². The summed E-state index contributed by atoms with van der Waals surface area (Å²) in [5, 5.41) is 13.3. The summed E-state index contributed by atoms with van der Waals surface area (Å²) in [5.74, 6) is 2.41. The molecule has 0 unspecified atom stereocenters. The summed E-state index contributed by atoms with van der Waals surface area (Å²) >= 11 is 0. The molecule has 0 spiro atoms. The van der Waals surface area contributed by atoms with Gasteiger partial charge in [-0.3, -0.25) is 9.47 Å². The van der Waals surface area contributed by atoms with Gasteiger partial charge in [0.1, 0.15) is 0 Å². The van der Waals surface area contributed by atoms with Crippen LogP contribution in [0.15, 0.2) is 40.9 Å². The van der Waals surface area contributed by atoms with Crippen molar-refractivity contribution in [3.63, 3.8) is 0 Å². The molecule has 7 heteroatoms. The number of hydrogen-bond donors (Lipinski definition) is 0. The second kappa shape index (κ2) is 7.99. The summed E-state index contributed by atoms with van der Waals surface area (Å²) in [6, 6.07) is 11.9. The minimum Gasteiger partial charge on any atom is -0.356 e. The molecule has 0 radical (unpaired) electrons. The van der Waals surface area contributed by atoms with Gasteiger partial charge in [0, 0.05) is 49.9 Å². The molecule has 7 nitrogen and oxygen atoms in total. The highest BCUT2D eigenvalue weighted by atomic mass is 16.5. The van der Waals surface area contributed by atoms with E-state index in [0.717, 1.165) is 67.9 Å². The third kappa shape index (κ3) is 4.05. The van der Waals surface area contributed by atoms with Crippen molar-refractivity contribution in [2.45, 2.75) is 46.2 Å². The van der Waals surface area contributed by atoms with Gasteiger partial charge in [0.25, 0.3) is 0 Å². The predicted molar refractivity (Wildman–Crippen MR) is 115 cm³/mol. The first-order valence-electron chi connectivity index (χ1n) is 10.4. The van der Waals surface area contributed by atoms with Crippen LogP contribution in [0, 0.1) is 0 Å². The van der Waals surface area contributed by atoms with E-state index in [9.17, 15) is 0 Å². The second-order valence-electron chi connectivity index (χ2n) is 8.51. The summed E-state index contributed by atoms with van der Waals surface area (Å²) in [4.78, 5) is 4.90. The van der Waals surface area contributed by atoms with E-state index >= 15 is 0 Å². The molecule has 29 heavy (non-hydrogen) atoms. The van der Waals surface area contributed by atoms with Crippen LogP contribution < -0.4 is 4.90 Å². The molecule has 1 aromatic carbocycles. The molecular formula is C22H30N6O. The maximum atomic E-state index is 5.58. The first-order valence-corrected chi connectivity index (χ1v) is 10.4. The van der Waals surface area contributed by atoms with E-state index in [1.54, 1.807) is 0 Å². The zero-order valence-corrected chi connectivity index (χ0v) is 17.8. The fourth-order valence-corrected chi connectivity index (χ4v) is 3.92. The molecular weight excluding hydrogens is 364 g/mol. The van der Waals surface area contributed by atoms with Crippen molar-refractivity contribution in [2.75, 3.05) is 31.1 Å². The third-order valence-corrected chi connectivity index (χ3v) is 5.57. The average Bonchev–Trinajstić information content (AvgIpc) is 3.28. The predicted octanol–water partition coefficient (Wildman–Crippen LogP) is 3.93. The van der Waals surface area contributed by atoms with Crippen molar-refractivity contribution < 1.29 is 4.52 Å². The zero-order valence-electron chi connectivity index (χ0n) is 17.8. The van der Waals surface area contributed by atoms with Gasteiger partial charge in [-0.2, -0.15) is 0 Å². The van der Waals surface area contributed by atoms with E-state index in [1.807, 2.05) is 36.4 Å². The Labute approximate surface area is 172 Å². The maximum Gasteiger partial charge on any atom is 0.227 e. The Kier molecular flexibility index (Phi) is 5.41. The van der Waals surface area contributed by atoms with Gasteiger partial charge in [0.05, 0.1) is 0 Å². The molecule has 1 saturated heterocycles. The highest BCUT2D eigenvalue weighted by Gasteiger charge is 2.27. The van der Waals surface area contributed by atoms with Gasteiger partial charge < -0.3 is 9.42 Å². The van der Waals surface area contributed by atoms with Crippen molar-refractivity contribution in [1.29, 1.82) is 0 Å². The van der Waals surface area contributed by atoms with Crippen LogP contribution in [0.25, 0.3) is 22.8 Å². The van der Waals surface area contributed by atoms with Crippen LogP contribution in [0.1, 0.15) is 34.1 Å². The molecule has 1 fully saturated rings. The van der Waals surface area contributed by atoms with Crippen LogP contribution >= 0.6 is 0 Å². The highest BCUT2D eigenvalue weighted by Crippen LogP contribution is 2.28. The summed E-state index contributed by atoms with van der Waals surface area (Å²) in [7, 11) is 0. The first kappa shape index (κ1) is 19.6. The Morgan fingerprint density at radius 2 is 1.79 bits per heavy atom. The molecule has 0 atom stereocenters. The molecule has 3 aromatic rings. The summed E-state index contributed by atoms with van der Waals surface area (Å²) < 4.78 is 7.72. The van der Waals surface area contributed by atoms with Crippen LogP contribution in [0.5, 0.6) is 0 Å². The van der Waals surface area contributed by atoms with Crippen molar-refractivity contribution in [3.05, 3.63) is 36.4 Å². The van der Waals surface area contributed by atoms with Crippen molar-refractivity contribution in [1.82, 2.24) is 24.8 Å². The molecule has 0 saturated carbocycles. The molecule has 0 amide bonds. The number of nitrogens with zero attached hydrogens (tertiary/aromatic N) is 6. The quantitative estimate of drug-likeness (QED) is 0.668. The normalized spacial score (nSPS) is 16.2. The minimum atomic E-state index is 0.189. The summed E-state index contributed by atoms with van der Waals surface area (Å²) in [6.45, 7) is 13.8. The van der Waals surface area contributed by atoms with Gasteiger partial charge in [-0.1, -0.05) is 35.5 Å². The van der Waals surface area contributed by atoms with Crippen LogP contribution in [-0.4, -0.2) is 56.5 Å². The average molecular weight is 395 g/mol. The number of benzene rings is 1. The monoisotopic (exact) mass is 394 g/mol. The Hall–Kier alpha value is -2.67. The first-order chi connectivity index (χ1) is 14.0. The molecule has 1 aliphatic heterocycles. The van der Waals surface area contributed by atoms with Crippen LogP contribution in [0.2, 0.25) is 0 Å². The number of aromatic nitrogens is 4. The lowest BCUT2D eigenvalue weighted by molar-refractivity contribution is 0.148. The van der Waals surface area contributed by atoms with Crippen molar-refractivity contribution in [3.8, 4) is 22.8 Å². The SMILES string of the molecule is CCn1c(-c2cc(-c3ccccc3)on2)nnc1N1CCCN(C(C)(C)C)CC1. The van der Waals surface area contributed by atoms with Gasteiger partial charge in [0.2, 0.25) is 5.95 Å². The largest absolute Gasteiger partial charge is 0.356 e. The molecule has 3 heterocycles. The highest BCUT2D eigenvalue weighted by molar-refractivity contribution is 5.63. The molecule has 154 valence electrons. The van der Waals surface area contributed by atoms with Gasteiger partial charge in [0.15, 0.2) is 17.3 Å². The van der Waals surface area contributed by atoms with E-state index in [-0.39, 0.29) is 5.54 Å². The number of rotatable bonds is 4. The smallest absolute Gasteiger partial charge is 0.227 e. The van der Waals surface area contributed by atoms with Crippen LogP contribution in [-0.2, 0) is 6.54 Å². The fourth-order valence-electron chi connectivity index (χ4n) is 3.92. The standard InChI is InChI=1S/C22H30N6O/c1-5-28-20(18-16-19(29-25-18)17-10-7-6-8-11-17)23-24-21(28)26-12-9-13-27(15-14-26)22(2,3)4/h6-8,10-11,16H,5,9,12-15H2,1-4H3. The molecule has 2 aromatic heterocycles. The Morgan fingerprint density at radius 3 is 2.52 bits per heavy atom. The van der Waals surface area contributed by atoms with E-state index in [4.69, 9.17) is 4.52 Å². The van der Waals surface area contributed by atoms with Crippen molar-refractivity contribution >= 4 is 5.95 Å². The summed E-state index contributed by atoms with van der Waals surface area (Å²) in [6.07, 6.45) is 1.12. The zero-order chi connectivity index (χ0) is 20.4. The van der Waals surface area contributed by atoms with E-state index in [1.165, 1.54) is 0 Å². The van der Waals surface area contributed by atoms with Gasteiger partial charge in [-0.25, -0.2) is 0 Å². The number of hydrogen-bond acceptors (Lipinski definition) is 6. The van der Waals surface area contributed by atoms with E-state index < -0.39 is 0 Å². The number of anilines is 1. The Balaban J connectivity index is 1.58. The van der Waals surface area contributed by atoms with E-state index in [2.05, 4.69) is 57.4 Å². The van der Waals surface area contributed by atoms with Gasteiger partial charge in [-0.05, 0) is 34.1 Å². The summed E-state index contributed by atoms with van der Waals surface area (Å²) in [5.41, 5.74) is 1.91. The Bertz CT molecular complexity index is 940. The lowest BCUT2D eigenvalue weighted by Crippen LogP contribution is -2.43. The lowest BCUT2D eigenvalue weighted by Gasteiger charge is -2.34. The van der Waals surface area contributed by atoms with Crippen LogP contribution in [0.3, 0.4) is 0 Å². The lowest BCUT2D eigenvalue weighted by atomic mass is 10.1. The molecule has 0 bridgehead atoms. The van der Waals surface area contributed by atoms with Crippen LogP contribution in [0.4, 0.5) is 5.95 Å². The fraction of sp³-hybridized carbons (Fsp3) is 0.500. The molecule has 4 rings (SSSR count). The second-order valence-corrected chi connectivity index (χ2v) is 8.51.